The highest BCUT2D eigenvalue weighted by molar-refractivity contribution is 6.08. The van der Waals surface area contributed by atoms with Gasteiger partial charge in [0.15, 0.2) is 0 Å². The summed E-state index contributed by atoms with van der Waals surface area (Å²) in [5.41, 5.74) is 4.64. The lowest BCUT2D eigenvalue weighted by Crippen LogP contribution is -2.27. The fraction of sp³-hybridized carbons (Fsp3) is 0.174. The zero-order chi connectivity index (χ0) is 20.2. The lowest BCUT2D eigenvalue weighted by atomic mass is 9.99. The minimum absolute atomic E-state index is 0.108. The van der Waals surface area contributed by atoms with Crippen LogP contribution in [-0.4, -0.2) is 36.4 Å². The summed E-state index contributed by atoms with van der Waals surface area (Å²) in [6, 6.07) is 14.3. The highest BCUT2D eigenvalue weighted by Gasteiger charge is 2.20. The van der Waals surface area contributed by atoms with E-state index >= 15 is 0 Å². The molecule has 1 N–H and O–H groups in total. The largest absolute Gasteiger partial charge is 0.332 e. The average molecular weight is 396 g/mol. The van der Waals surface area contributed by atoms with E-state index in [1.807, 2.05) is 54.6 Å². The average Bonchev–Trinajstić information content (AvgIpc) is 3.49. The Balaban J connectivity index is 1.49. The second-order valence-corrected chi connectivity index (χ2v) is 7.65. The molecule has 0 fully saturated rings. The number of hydrogen-bond acceptors (Lipinski definition) is 4. The van der Waals surface area contributed by atoms with Gasteiger partial charge >= 0.3 is 0 Å². The quantitative estimate of drug-likeness (QED) is 0.498. The molecular formula is C23H20N6O. The lowest BCUT2D eigenvalue weighted by Gasteiger charge is -2.13. The molecule has 2 aromatic carbocycles. The molecule has 3 aromatic heterocycles. The van der Waals surface area contributed by atoms with Crippen molar-refractivity contribution in [1.29, 1.82) is 0 Å². The van der Waals surface area contributed by atoms with Crippen molar-refractivity contribution < 1.29 is 4.79 Å². The Morgan fingerprint density at radius 2 is 1.83 bits per heavy atom. The Morgan fingerprint density at radius 1 is 1.03 bits per heavy atom. The summed E-state index contributed by atoms with van der Waals surface area (Å²) in [4.78, 5) is 17.8. The van der Waals surface area contributed by atoms with Crippen LogP contribution in [0.25, 0.3) is 32.9 Å². The standard InChI is InChI=1S/C23H20N6O/c1-27-20-6-2-5-16(18(20)12-25-27)15-4-3-7-21-17(15)8-10-29(21)23(30)19-14-28-11-9-24-13-22(28)26-19/h2-8,10,12,14,24H,9,11,13H2,1H3. The van der Waals surface area contributed by atoms with Crippen LogP contribution in [-0.2, 0) is 20.1 Å². The number of nitrogens with zero attached hydrogens (tertiary/aromatic N) is 5. The van der Waals surface area contributed by atoms with Crippen molar-refractivity contribution in [2.75, 3.05) is 6.54 Å². The van der Waals surface area contributed by atoms with Crippen LogP contribution in [0.2, 0.25) is 0 Å². The van der Waals surface area contributed by atoms with E-state index in [4.69, 9.17) is 0 Å². The van der Waals surface area contributed by atoms with Crippen LogP contribution in [0.3, 0.4) is 0 Å². The summed E-state index contributed by atoms with van der Waals surface area (Å²) < 4.78 is 5.64. The monoisotopic (exact) mass is 396 g/mol. The summed E-state index contributed by atoms with van der Waals surface area (Å²) in [5, 5.41) is 9.83. The highest BCUT2D eigenvalue weighted by atomic mass is 16.2. The van der Waals surface area contributed by atoms with Crippen LogP contribution in [0.4, 0.5) is 0 Å². The van der Waals surface area contributed by atoms with Gasteiger partial charge in [-0.1, -0.05) is 24.3 Å². The number of hydrogen-bond donors (Lipinski definition) is 1. The van der Waals surface area contributed by atoms with Gasteiger partial charge in [-0.05, 0) is 29.3 Å². The number of imidazole rings is 1. The van der Waals surface area contributed by atoms with E-state index < -0.39 is 0 Å². The van der Waals surface area contributed by atoms with Gasteiger partial charge in [-0.15, -0.1) is 0 Å². The fourth-order valence-electron chi connectivity index (χ4n) is 4.41. The van der Waals surface area contributed by atoms with E-state index in [1.54, 1.807) is 4.57 Å². The van der Waals surface area contributed by atoms with Gasteiger partial charge in [0.05, 0.1) is 23.8 Å². The number of carbonyl (C=O) groups is 1. The maximum Gasteiger partial charge on any atom is 0.282 e. The molecule has 0 saturated carbocycles. The summed E-state index contributed by atoms with van der Waals surface area (Å²) in [6.45, 7) is 2.42. The van der Waals surface area contributed by atoms with Crippen LogP contribution in [0.5, 0.6) is 0 Å². The molecular weight excluding hydrogens is 376 g/mol. The van der Waals surface area contributed by atoms with Gasteiger partial charge in [0, 0.05) is 43.3 Å². The van der Waals surface area contributed by atoms with Gasteiger partial charge in [0.2, 0.25) is 0 Å². The Hall–Kier alpha value is -3.71. The third-order valence-corrected chi connectivity index (χ3v) is 5.92. The maximum absolute atomic E-state index is 13.3. The van der Waals surface area contributed by atoms with Crippen molar-refractivity contribution in [3.8, 4) is 11.1 Å². The molecule has 0 atom stereocenters. The number of aromatic nitrogens is 5. The highest BCUT2D eigenvalue weighted by Crippen LogP contribution is 2.34. The number of fused-ring (bicyclic) bond motifs is 3. The van der Waals surface area contributed by atoms with Crippen molar-refractivity contribution in [1.82, 2.24) is 29.2 Å². The van der Waals surface area contributed by atoms with Gasteiger partial charge in [0.25, 0.3) is 5.91 Å². The molecule has 0 aliphatic carbocycles. The van der Waals surface area contributed by atoms with Gasteiger partial charge in [-0.25, -0.2) is 4.98 Å². The van der Waals surface area contributed by atoms with E-state index in [0.29, 0.717) is 12.2 Å². The Morgan fingerprint density at radius 3 is 2.67 bits per heavy atom. The molecule has 6 rings (SSSR count). The molecule has 5 aromatic rings. The van der Waals surface area contributed by atoms with Gasteiger partial charge in [0.1, 0.15) is 11.5 Å². The smallest absolute Gasteiger partial charge is 0.282 e. The van der Waals surface area contributed by atoms with Crippen LogP contribution in [0, 0.1) is 0 Å². The van der Waals surface area contributed by atoms with Crippen molar-refractivity contribution >= 4 is 27.7 Å². The van der Waals surface area contributed by atoms with Crippen molar-refractivity contribution in [2.45, 2.75) is 13.1 Å². The van der Waals surface area contributed by atoms with Crippen molar-refractivity contribution in [3.63, 3.8) is 0 Å². The molecule has 30 heavy (non-hydrogen) atoms. The van der Waals surface area contributed by atoms with Gasteiger partial charge in [-0.2, -0.15) is 5.10 Å². The second-order valence-electron chi connectivity index (χ2n) is 7.65. The van der Waals surface area contributed by atoms with Gasteiger partial charge in [-0.3, -0.25) is 14.0 Å². The zero-order valence-corrected chi connectivity index (χ0v) is 16.5. The first kappa shape index (κ1) is 17.2. The number of benzene rings is 2. The topological polar surface area (TPSA) is 69.7 Å². The zero-order valence-electron chi connectivity index (χ0n) is 16.5. The maximum atomic E-state index is 13.3. The molecule has 0 spiro atoms. The van der Waals surface area contributed by atoms with Crippen LogP contribution in [0.1, 0.15) is 16.3 Å². The molecule has 7 heteroatoms. The first-order valence-corrected chi connectivity index (χ1v) is 10.0. The summed E-state index contributed by atoms with van der Waals surface area (Å²) in [7, 11) is 1.95. The van der Waals surface area contributed by atoms with E-state index in [0.717, 1.165) is 51.8 Å². The SMILES string of the molecule is Cn1ncc2c(-c3cccc4c3ccn4C(=O)c3cn4c(n3)CNCC4)cccc21. The fourth-order valence-corrected chi connectivity index (χ4v) is 4.41. The van der Waals surface area contributed by atoms with Crippen molar-refractivity contribution in [3.05, 3.63) is 72.6 Å². The van der Waals surface area contributed by atoms with Crippen LogP contribution in [0.15, 0.2) is 61.1 Å². The lowest BCUT2D eigenvalue weighted by molar-refractivity contribution is 0.0960. The summed E-state index contributed by atoms with van der Waals surface area (Å²) in [5.74, 6) is 0.800. The number of aryl methyl sites for hydroxylation is 1. The van der Waals surface area contributed by atoms with E-state index in [2.05, 4.69) is 38.2 Å². The first-order valence-electron chi connectivity index (χ1n) is 10.0. The Kier molecular flexibility index (Phi) is 3.66. The number of carbonyl (C=O) groups excluding carboxylic acids is 1. The Bertz CT molecular complexity index is 1410. The van der Waals surface area contributed by atoms with Crippen LogP contribution < -0.4 is 5.32 Å². The predicted octanol–water partition coefficient (Wildman–Crippen LogP) is 3.18. The third kappa shape index (κ3) is 2.45. The molecule has 0 saturated heterocycles. The van der Waals surface area contributed by atoms with Gasteiger partial charge < -0.3 is 9.88 Å². The number of nitrogens with one attached hydrogen (secondary N) is 1. The Labute approximate surface area is 172 Å². The molecule has 0 bridgehead atoms. The molecule has 0 radical (unpaired) electrons. The molecule has 148 valence electrons. The molecule has 1 aliphatic heterocycles. The minimum atomic E-state index is -0.108. The normalized spacial score (nSPS) is 13.8. The summed E-state index contributed by atoms with van der Waals surface area (Å²) >= 11 is 0. The predicted molar refractivity (Wildman–Crippen MR) is 115 cm³/mol. The van der Waals surface area contributed by atoms with E-state index in [-0.39, 0.29) is 5.91 Å². The van der Waals surface area contributed by atoms with Crippen molar-refractivity contribution in [2.24, 2.45) is 7.05 Å². The second kappa shape index (κ2) is 6.40. The van der Waals surface area contributed by atoms with E-state index in [9.17, 15) is 4.79 Å². The van der Waals surface area contributed by atoms with E-state index in [1.165, 1.54) is 0 Å². The minimum Gasteiger partial charge on any atom is -0.332 e. The molecule has 4 heterocycles. The molecule has 0 unspecified atom stereocenters. The first-order chi connectivity index (χ1) is 14.7. The van der Waals surface area contributed by atoms with Crippen LogP contribution >= 0.6 is 0 Å². The number of rotatable bonds is 2. The third-order valence-electron chi connectivity index (χ3n) is 5.92. The molecule has 1 aliphatic rings. The molecule has 0 amide bonds. The summed E-state index contributed by atoms with van der Waals surface area (Å²) in [6.07, 6.45) is 5.61. The molecule has 7 nitrogen and oxygen atoms in total.